The molecule has 0 saturated heterocycles. The van der Waals surface area contributed by atoms with E-state index < -0.39 is 0 Å². The van der Waals surface area contributed by atoms with Crippen molar-refractivity contribution in [2.45, 2.75) is 12.2 Å². The number of nitrogens with zero attached hydrogens (tertiary/aromatic N) is 1. The monoisotopic (exact) mass is 374 g/mol. The molecule has 0 radical (unpaired) electrons. The van der Waals surface area contributed by atoms with Crippen LogP contribution in [0.4, 0.5) is 5.69 Å². The number of nitriles is 1. The van der Waals surface area contributed by atoms with Gasteiger partial charge in [-0.25, -0.2) is 0 Å². The van der Waals surface area contributed by atoms with Crippen molar-refractivity contribution in [2.24, 2.45) is 0 Å². The van der Waals surface area contributed by atoms with E-state index in [0.717, 1.165) is 10.0 Å². The van der Waals surface area contributed by atoms with Crippen LogP contribution in [0.2, 0.25) is 0 Å². The highest BCUT2D eigenvalue weighted by atomic mass is 79.9. The lowest BCUT2D eigenvalue weighted by molar-refractivity contribution is 0.103. The summed E-state index contributed by atoms with van der Waals surface area (Å²) in [4.78, 5) is 12.7. The highest BCUT2D eigenvalue weighted by Gasteiger charge is 2.20. The number of benzene rings is 2. The number of hydrogen-bond donors (Lipinski definition) is 1. The lowest BCUT2D eigenvalue weighted by atomic mass is 9.95. The molecule has 0 heterocycles. The molecule has 0 aliphatic heterocycles. The summed E-state index contributed by atoms with van der Waals surface area (Å²) in [6.07, 6.45) is 1.85. The van der Waals surface area contributed by atoms with Gasteiger partial charge in [-0.05, 0) is 49.1 Å². The van der Waals surface area contributed by atoms with Gasteiger partial charge in [0, 0.05) is 26.9 Å². The van der Waals surface area contributed by atoms with Crippen LogP contribution in [0.3, 0.4) is 0 Å². The number of nitrogen functional groups attached to an aromatic ring is 1. The maximum absolute atomic E-state index is 12.7. The Hall–Kier alpha value is -1.77. The predicted octanol–water partition coefficient (Wildman–Crippen LogP) is 4.50. The molecule has 2 N–H and O–H groups in total. The average molecular weight is 375 g/mol. The van der Waals surface area contributed by atoms with Gasteiger partial charge in [0.2, 0.25) is 0 Å². The van der Waals surface area contributed by atoms with E-state index in [1.807, 2.05) is 31.4 Å². The first-order valence-corrected chi connectivity index (χ1v) is 8.68. The van der Waals surface area contributed by atoms with E-state index in [9.17, 15) is 10.1 Å². The van der Waals surface area contributed by atoms with Crippen LogP contribution in [0, 0.1) is 18.3 Å². The van der Waals surface area contributed by atoms with Gasteiger partial charge >= 0.3 is 0 Å². The molecule has 1 unspecified atom stereocenters. The standard InChI is InChI=1S/C17H15BrN2OS/c1-10-7-13(15(9-19)22-2)16(20)14(8-10)17(21)11-3-5-12(18)6-4-11/h3-8,15H,20H2,1-2H3. The highest BCUT2D eigenvalue weighted by molar-refractivity contribution is 9.10. The summed E-state index contributed by atoms with van der Waals surface area (Å²) >= 11 is 4.76. The molecular formula is C17H15BrN2OS. The third kappa shape index (κ3) is 3.34. The van der Waals surface area contributed by atoms with E-state index in [1.165, 1.54) is 11.8 Å². The van der Waals surface area contributed by atoms with Crippen molar-refractivity contribution in [1.82, 2.24) is 0 Å². The van der Waals surface area contributed by atoms with Gasteiger partial charge < -0.3 is 5.73 Å². The van der Waals surface area contributed by atoms with E-state index in [2.05, 4.69) is 22.0 Å². The normalized spacial score (nSPS) is 11.7. The van der Waals surface area contributed by atoms with E-state index in [0.29, 0.717) is 22.4 Å². The molecule has 3 nitrogen and oxygen atoms in total. The Morgan fingerprint density at radius 2 is 1.95 bits per heavy atom. The van der Waals surface area contributed by atoms with Gasteiger partial charge in [-0.15, -0.1) is 11.8 Å². The lowest BCUT2D eigenvalue weighted by Gasteiger charge is -2.15. The first-order valence-electron chi connectivity index (χ1n) is 6.60. The van der Waals surface area contributed by atoms with E-state index in [4.69, 9.17) is 5.73 Å². The molecule has 2 rings (SSSR count). The Morgan fingerprint density at radius 1 is 1.32 bits per heavy atom. The van der Waals surface area contributed by atoms with Crippen molar-refractivity contribution in [1.29, 1.82) is 5.26 Å². The van der Waals surface area contributed by atoms with Gasteiger partial charge in [-0.2, -0.15) is 5.26 Å². The smallest absolute Gasteiger partial charge is 0.195 e. The molecule has 2 aromatic rings. The van der Waals surface area contributed by atoms with E-state index in [1.54, 1.807) is 18.2 Å². The number of halogens is 1. The Morgan fingerprint density at radius 3 is 2.50 bits per heavy atom. The molecule has 0 aromatic heterocycles. The summed E-state index contributed by atoms with van der Waals surface area (Å²) in [5, 5.41) is 8.88. The Bertz CT molecular complexity index is 750. The van der Waals surface area contributed by atoms with Gasteiger partial charge in [0.1, 0.15) is 5.25 Å². The largest absolute Gasteiger partial charge is 0.398 e. The van der Waals surface area contributed by atoms with Crippen molar-refractivity contribution in [3.8, 4) is 6.07 Å². The molecule has 0 saturated carbocycles. The van der Waals surface area contributed by atoms with Crippen LogP contribution in [0.15, 0.2) is 40.9 Å². The minimum atomic E-state index is -0.378. The van der Waals surface area contributed by atoms with Gasteiger partial charge in [0.05, 0.1) is 6.07 Å². The molecule has 0 aliphatic rings. The summed E-state index contributed by atoms with van der Waals surface area (Å²) in [6.45, 7) is 1.90. The Balaban J connectivity index is 2.54. The van der Waals surface area contributed by atoms with Crippen LogP contribution in [0.5, 0.6) is 0 Å². The topological polar surface area (TPSA) is 66.9 Å². The zero-order chi connectivity index (χ0) is 16.3. The summed E-state index contributed by atoms with van der Waals surface area (Å²) in [6, 6.07) is 13.0. The molecular weight excluding hydrogens is 360 g/mol. The fourth-order valence-corrected chi connectivity index (χ4v) is 3.06. The predicted molar refractivity (Wildman–Crippen MR) is 95.0 cm³/mol. The molecule has 0 aliphatic carbocycles. The number of rotatable bonds is 4. The summed E-state index contributed by atoms with van der Waals surface area (Å²) in [5.41, 5.74) is 9.21. The summed E-state index contributed by atoms with van der Waals surface area (Å²) in [7, 11) is 0. The Labute approximate surface area is 142 Å². The minimum Gasteiger partial charge on any atom is -0.398 e. The van der Waals surface area contributed by atoms with Crippen LogP contribution >= 0.6 is 27.7 Å². The van der Waals surface area contributed by atoms with Gasteiger partial charge in [-0.1, -0.05) is 22.0 Å². The molecule has 2 aromatic carbocycles. The number of anilines is 1. The van der Waals surface area contributed by atoms with Crippen molar-refractivity contribution in [2.75, 3.05) is 12.0 Å². The first-order chi connectivity index (χ1) is 10.5. The number of hydrogen-bond acceptors (Lipinski definition) is 4. The van der Waals surface area contributed by atoms with Crippen LogP contribution < -0.4 is 5.73 Å². The molecule has 22 heavy (non-hydrogen) atoms. The fourth-order valence-electron chi connectivity index (χ4n) is 2.24. The van der Waals surface area contributed by atoms with Crippen LogP contribution in [0.25, 0.3) is 0 Å². The molecule has 112 valence electrons. The number of carbonyl (C=O) groups excluding carboxylic acids is 1. The van der Waals surface area contributed by atoms with Crippen LogP contribution in [-0.2, 0) is 0 Å². The second-order valence-electron chi connectivity index (χ2n) is 4.90. The number of nitrogens with two attached hydrogens (primary N) is 1. The fraction of sp³-hybridized carbons (Fsp3) is 0.176. The zero-order valence-electron chi connectivity index (χ0n) is 12.3. The van der Waals surface area contributed by atoms with Crippen molar-refractivity contribution >= 4 is 39.2 Å². The molecule has 1 atom stereocenters. The van der Waals surface area contributed by atoms with Crippen LogP contribution in [0.1, 0.15) is 32.3 Å². The maximum Gasteiger partial charge on any atom is 0.195 e. The SMILES string of the molecule is CSC(C#N)c1cc(C)cc(C(=O)c2ccc(Br)cc2)c1N. The highest BCUT2D eigenvalue weighted by Crippen LogP contribution is 2.34. The number of ketones is 1. The molecule has 0 amide bonds. The van der Waals surface area contributed by atoms with Gasteiger partial charge in [0.25, 0.3) is 0 Å². The number of carbonyl (C=O) groups is 1. The molecule has 0 spiro atoms. The van der Waals surface area contributed by atoms with Gasteiger partial charge in [0.15, 0.2) is 5.78 Å². The number of thioether (sulfide) groups is 1. The summed E-state index contributed by atoms with van der Waals surface area (Å²) < 4.78 is 0.911. The second-order valence-corrected chi connectivity index (χ2v) is 6.75. The van der Waals surface area contributed by atoms with Crippen molar-refractivity contribution in [3.63, 3.8) is 0 Å². The van der Waals surface area contributed by atoms with Crippen molar-refractivity contribution in [3.05, 3.63) is 63.1 Å². The average Bonchev–Trinajstić information content (AvgIpc) is 2.51. The second kappa shape index (κ2) is 6.99. The van der Waals surface area contributed by atoms with Crippen molar-refractivity contribution < 1.29 is 4.79 Å². The molecule has 5 heteroatoms. The zero-order valence-corrected chi connectivity index (χ0v) is 14.7. The quantitative estimate of drug-likeness (QED) is 0.631. The first kappa shape index (κ1) is 16.6. The molecule has 0 bridgehead atoms. The lowest BCUT2D eigenvalue weighted by Crippen LogP contribution is -2.09. The minimum absolute atomic E-state index is 0.132. The summed E-state index contributed by atoms with van der Waals surface area (Å²) in [5.74, 6) is -0.132. The third-order valence-electron chi connectivity index (χ3n) is 3.34. The van der Waals surface area contributed by atoms with E-state index >= 15 is 0 Å². The molecule has 0 fully saturated rings. The van der Waals surface area contributed by atoms with Gasteiger partial charge in [-0.3, -0.25) is 4.79 Å². The van der Waals surface area contributed by atoms with E-state index in [-0.39, 0.29) is 11.0 Å². The van der Waals surface area contributed by atoms with Crippen LogP contribution in [-0.4, -0.2) is 12.0 Å². The Kier molecular flexibility index (Phi) is 5.28. The number of aryl methyl sites for hydroxylation is 1. The third-order valence-corrected chi connectivity index (χ3v) is 4.70. The maximum atomic E-state index is 12.7.